The Morgan fingerprint density at radius 2 is 2.22 bits per heavy atom. The van der Waals surface area contributed by atoms with E-state index < -0.39 is 0 Å². The molecule has 3 aromatic heterocycles. The Morgan fingerprint density at radius 1 is 1.43 bits per heavy atom. The molecule has 0 aliphatic rings. The Hall–Kier alpha value is -2.48. The van der Waals surface area contributed by atoms with Gasteiger partial charge in [0.05, 0.1) is 12.7 Å². The van der Waals surface area contributed by atoms with Crippen LogP contribution in [0.25, 0.3) is 11.0 Å². The summed E-state index contributed by atoms with van der Waals surface area (Å²) in [7, 11) is 3.46. The van der Waals surface area contributed by atoms with Crippen molar-refractivity contribution in [1.29, 1.82) is 0 Å². The summed E-state index contributed by atoms with van der Waals surface area (Å²) in [5.41, 5.74) is 1.43. The van der Waals surface area contributed by atoms with Crippen molar-refractivity contribution < 1.29 is 4.79 Å². The number of carbonyl (C=O) groups excluding carboxylic acids is 1. The first-order valence-corrected chi connectivity index (χ1v) is 7.99. The number of nitrogens with zero attached hydrogens (tertiary/aromatic N) is 5. The van der Waals surface area contributed by atoms with Crippen LogP contribution in [0.4, 0.5) is 0 Å². The molecule has 23 heavy (non-hydrogen) atoms. The van der Waals surface area contributed by atoms with Crippen molar-refractivity contribution >= 4 is 28.3 Å². The summed E-state index contributed by atoms with van der Waals surface area (Å²) in [6, 6.07) is 2.03. The molecular weight excluding hydrogens is 314 g/mol. The van der Waals surface area contributed by atoms with Gasteiger partial charge in [-0.15, -0.1) is 11.3 Å². The monoisotopic (exact) mass is 331 g/mol. The summed E-state index contributed by atoms with van der Waals surface area (Å²) in [6.45, 7) is 2.53. The zero-order chi connectivity index (χ0) is 16.6. The summed E-state index contributed by atoms with van der Waals surface area (Å²) < 4.78 is 2.86. The SMILES string of the molecule is Cc1ccsc1CN(C)C(=O)Cn1cnc2c(cnn2C)c1=O. The maximum Gasteiger partial charge on any atom is 0.264 e. The molecule has 0 radical (unpaired) electrons. The highest BCUT2D eigenvalue weighted by Gasteiger charge is 2.15. The number of amides is 1. The molecule has 3 rings (SSSR count). The third kappa shape index (κ3) is 2.89. The number of hydrogen-bond donors (Lipinski definition) is 0. The van der Waals surface area contributed by atoms with Gasteiger partial charge >= 0.3 is 0 Å². The molecule has 0 atom stereocenters. The van der Waals surface area contributed by atoms with Gasteiger partial charge in [0.1, 0.15) is 18.3 Å². The van der Waals surface area contributed by atoms with E-state index in [2.05, 4.69) is 10.1 Å². The minimum atomic E-state index is -0.253. The number of fused-ring (bicyclic) bond motifs is 1. The molecule has 0 aromatic carbocycles. The van der Waals surface area contributed by atoms with Gasteiger partial charge in [0.15, 0.2) is 5.65 Å². The molecule has 8 heteroatoms. The molecule has 0 aliphatic carbocycles. The maximum absolute atomic E-state index is 12.4. The molecule has 3 aromatic rings. The van der Waals surface area contributed by atoms with Crippen LogP contribution >= 0.6 is 11.3 Å². The van der Waals surface area contributed by atoms with Gasteiger partial charge < -0.3 is 4.90 Å². The van der Waals surface area contributed by atoms with Gasteiger partial charge in [-0.25, -0.2) is 4.98 Å². The van der Waals surface area contributed by atoms with Crippen molar-refractivity contribution in [1.82, 2.24) is 24.2 Å². The quantitative estimate of drug-likeness (QED) is 0.719. The van der Waals surface area contributed by atoms with E-state index in [0.717, 1.165) is 4.88 Å². The zero-order valence-electron chi connectivity index (χ0n) is 13.2. The first kappa shape index (κ1) is 15.4. The molecule has 0 spiro atoms. The molecule has 0 aliphatic heterocycles. The van der Waals surface area contributed by atoms with Crippen molar-refractivity contribution in [2.24, 2.45) is 7.05 Å². The Kier molecular flexibility index (Phi) is 3.99. The van der Waals surface area contributed by atoms with Gasteiger partial charge in [-0.2, -0.15) is 5.10 Å². The van der Waals surface area contributed by atoms with Crippen molar-refractivity contribution in [3.63, 3.8) is 0 Å². The van der Waals surface area contributed by atoms with Crippen LogP contribution in [0.3, 0.4) is 0 Å². The standard InChI is InChI=1S/C15H17N5O2S/c1-10-4-5-23-12(10)7-18(2)13(21)8-20-9-16-14-11(15(20)22)6-17-19(14)3/h4-6,9H,7-8H2,1-3H3. The Balaban J connectivity index is 1.78. The first-order chi connectivity index (χ1) is 11.0. The Labute approximate surface area is 136 Å². The lowest BCUT2D eigenvalue weighted by atomic mass is 10.3. The molecule has 0 N–H and O–H groups in total. The second-order valence-electron chi connectivity index (χ2n) is 5.46. The molecule has 0 saturated heterocycles. The highest BCUT2D eigenvalue weighted by molar-refractivity contribution is 7.10. The minimum absolute atomic E-state index is 0.0302. The summed E-state index contributed by atoms with van der Waals surface area (Å²) in [5, 5.41) is 6.44. The fourth-order valence-corrected chi connectivity index (χ4v) is 3.27. The number of thiophene rings is 1. The number of aryl methyl sites for hydroxylation is 2. The van der Waals surface area contributed by atoms with E-state index in [9.17, 15) is 9.59 Å². The zero-order valence-corrected chi connectivity index (χ0v) is 14.0. The van der Waals surface area contributed by atoms with Crippen LogP contribution < -0.4 is 5.56 Å². The average molecular weight is 331 g/mol. The van der Waals surface area contributed by atoms with E-state index >= 15 is 0 Å². The third-order valence-electron chi connectivity index (χ3n) is 3.80. The summed E-state index contributed by atoms with van der Waals surface area (Å²) >= 11 is 1.62. The molecule has 120 valence electrons. The lowest BCUT2D eigenvalue weighted by Gasteiger charge is -2.17. The molecule has 3 heterocycles. The average Bonchev–Trinajstić information content (AvgIpc) is 3.09. The second kappa shape index (κ2) is 5.96. The third-order valence-corrected chi connectivity index (χ3v) is 4.81. The number of likely N-dealkylation sites (N-methyl/N-ethyl adjacent to an activating group) is 1. The predicted molar refractivity (Wildman–Crippen MR) is 88.3 cm³/mol. The van der Waals surface area contributed by atoms with E-state index in [1.165, 1.54) is 27.3 Å². The van der Waals surface area contributed by atoms with E-state index in [0.29, 0.717) is 17.6 Å². The van der Waals surface area contributed by atoms with E-state index in [1.54, 1.807) is 30.3 Å². The van der Waals surface area contributed by atoms with Crippen molar-refractivity contribution in [3.8, 4) is 0 Å². The van der Waals surface area contributed by atoms with Crippen molar-refractivity contribution in [2.75, 3.05) is 7.05 Å². The molecular formula is C15H17N5O2S. The largest absolute Gasteiger partial charge is 0.339 e. The molecule has 1 amide bonds. The molecule has 0 bridgehead atoms. The van der Waals surface area contributed by atoms with Crippen LogP contribution in [-0.2, 0) is 24.9 Å². The van der Waals surface area contributed by atoms with Gasteiger partial charge in [0.25, 0.3) is 5.56 Å². The highest BCUT2D eigenvalue weighted by Crippen LogP contribution is 2.17. The van der Waals surface area contributed by atoms with Crippen LogP contribution in [0.15, 0.2) is 28.8 Å². The minimum Gasteiger partial charge on any atom is -0.339 e. The van der Waals surface area contributed by atoms with Crippen LogP contribution in [-0.4, -0.2) is 37.2 Å². The van der Waals surface area contributed by atoms with Gasteiger partial charge in [-0.05, 0) is 23.9 Å². The highest BCUT2D eigenvalue weighted by atomic mass is 32.1. The van der Waals surface area contributed by atoms with E-state index in [1.807, 2.05) is 18.4 Å². The lowest BCUT2D eigenvalue weighted by Crippen LogP contribution is -2.33. The maximum atomic E-state index is 12.4. The number of aromatic nitrogens is 4. The summed E-state index contributed by atoms with van der Waals surface area (Å²) in [5.74, 6) is -0.134. The molecule has 0 saturated carbocycles. The van der Waals surface area contributed by atoms with Crippen LogP contribution in [0, 0.1) is 6.92 Å². The van der Waals surface area contributed by atoms with E-state index in [4.69, 9.17) is 0 Å². The summed E-state index contributed by atoms with van der Waals surface area (Å²) in [6.07, 6.45) is 2.87. The van der Waals surface area contributed by atoms with E-state index in [-0.39, 0.29) is 18.0 Å². The van der Waals surface area contributed by atoms with Gasteiger partial charge in [-0.1, -0.05) is 0 Å². The molecule has 0 fully saturated rings. The topological polar surface area (TPSA) is 73.0 Å². The Bertz CT molecular complexity index is 923. The fourth-order valence-electron chi connectivity index (χ4n) is 2.32. The first-order valence-electron chi connectivity index (χ1n) is 7.11. The van der Waals surface area contributed by atoms with Crippen molar-refractivity contribution in [3.05, 3.63) is 44.8 Å². The van der Waals surface area contributed by atoms with Crippen LogP contribution in [0.5, 0.6) is 0 Å². The lowest BCUT2D eigenvalue weighted by molar-refractivity contribution is -0.131. The molecule has 0 unspecified atom stereocenters. The molecule has 7 nitrogen and oxygen atoms in total. The van der Waals surface area contributed by atoms with Gasteiger partial charge in [0, 0.05) is 19.0 Å². The fraction of sp³-hybridized carbons (Fsp3) is 0.333. The second-order valence-corrected chi connectivity index (χ2v) is 6.46. The number of rotatable bonds is 4. The predicted octanol–water partition coefficient (Wildman–Crippen LogP) is 1.16. The normalized spacial score (nSPS) is 11.1. The van der Waals surface area contributed by atoms with Crippen LogP contribution in [0.2, 0.25) is 0 Å². The van der Waals surface area contributed by atoms with Crippen LogP contribution in [0.1, 0.15) is 10.4 Å². The van der Waals surface area contributed by atoms with Gasteiger partial charge in [0.2, 0.25) is 5.91 Å². The summed E-state index contributed by atoms with van der Waals surface area (Å²) in [4.78, 5) is 31.7. The smallest absolute Gasteiger partial charge is 0.264 e. The van der Waals surface area contributed by atoms with Gasteiger partial charge in [-0.3, -0.25) is 18.8 Å². The number of carbonyl (C=O) groups is 1. The Morgan fingerprint density at radius 3 is 2.91 bits per heavy atom. The van der Waals surface area contributed by atoms with Crippen molar-refractivity contribution in [2.45, 2.75) is 20.0 Å². The number of hydrogen-bond acceptors (Lipinski definition) is 5.